The van der Waals surface area contributed by atoms with Gasteiger partial charge in [0.2, 0.25) is 10.0 Å². The minimum absolute atomic E-state index is 0.0716. The van der Waals surface area contributed by atoms with Crippen molar-refractivity contribution in [3.05, 3.63) is 47.7 Å². The van der Waals surface area contributed by atoms with E-state index in [1.165, 1.54) is 19.2 Å². The van der Waals surface area contributed by atoms with Crippen LogP contribution in [0, 0.1) is 12.7 Å². The zero-order valence-corrected chi connectivity index (χ0v) is 11.9. The summed E-state index contributed by atoms with van der Waals surface area (Å²) in [4.78, 5) is -0.144. The Labute approximate surface area is 116 Å². The Morgan fingerprint density at radius 2 is 2.00 bits per heavy atom. The number of hydrogen-bond donors (Lipinski definition) is 1. The number of hydrogen-bond acceptors (Lipinski definition) is 4. The first-order valence-electron chi connectivity index (χ1n) is 5.87. The third-order valence-corrected chi connectivity index (χ3v) is 4.65. The van der Waals surface area contributed by atoms with Gasteiger partial charge in [0.1, 0.15) is 17.3 Å². The minimum Gasteiger partial charge on any atom is -0.465 e. The van der Waals surface area contributed by atoms with E-state index in [9.17, 15) is 12.8 Å². The van der Waals surface area contributed by atoms with Gasteiger partial charge in [-0.3, -0.25) is 0 Å². The molecule has 20 heavy (non-hydrogen) atoms. The van der Waals surface area contributed by atoms with Crippen LogP contribution in [0.3, 0.4) is 0 Å². The first-order valence-corrected chi connectivity index (χ1v) is 7.31. The van der Waals surface area contributed by atoms with E-state index in [4.69, 9.17) is 10.2 Å². The Kier molecular flexibility index (Phi) is 3.82. The number of aryl methyl sites for hydroxylation is 1. The minimum atomic E-state index is -3.79. The predicted molar refractivity (Wildman–Crippen MR) is 72.9 cm³/mol. The van der Waals surface area contributed by atoms with Crippen LogP contribution < -0.4 is 5.73 Å². The summed E-state index contributed by atoms with van der Waals surface area (Å²) < 4.78 is 44.4. The van der Waals surface area contributed by atoms with Gasteiger partial charge < -0.3 is 10.2 Å². The third-order valence-electron chi connectivity index (χ3n) is 2.85. The van der Waals surface area contributed by atoms with Crippen molar-refractivity contribution < 1.29 is 17.2 Å². The summed E-state index contributed by atoms with van der Waals surface area (Å²) in [5, 5.41) is 0. The van der Waals surface area contributed by atoms with Crippen LogP contribution in [0.1, 0.15) is 11.5 Å². The Bertz CT molecular complexity index is 725. The van der Waals surface area contributed by atoms with Crippen LogP contribution in [0.5, 0.6) is 0 Å². The van der Waals surface area contributed by atoms with Crippen molar-refractivity contribution in [1.29, 1.82) is 0 Å². The quantitative estimate of drug-likeness (QED) is 0.877. The lowest BCUT2D eigenvalue weighted by molar-refractivity contribution is 0.397. The number of nitrogens with zero attached hydrogens (tertiary/aromatic N) is 1. The maximum atomic E-state index is 13.4. The van der Waals surface area contributed by atoms with Crippen molar-refractivity contribution >= 4 is 15.7 Å². The van der Waals surface area contributed by atoms with Crippen molar-refractivity contribution in [3.63, 3.8) is 0 Å². The van der Waals surface area contributed by atoms with Gasteiger partial charge in [0.05, 0.1) is 17.1 Å². The second-order valence-electron chi connectivity index (χ2n) is 4.46. The highest BCUT2D eigenvalue weighted by molar-refractivity contribution is 7.89. The molecule has 0 aliphatic heterocycles. The first kappa shape index (κ1) is 14.5. The monoisotopic (exact) mass is 298 g/mol. The number of rotatable bonds is 4. The summed E-state index contributed by atoms with van der Waals surface area (Å²) in [5.74, 6) is 0.460. The zero-order chi connectivity index (χ0) is 14.9. The van der Waals surface area contributed by atoms with E-state index < -0.39 is 15.8 Å². The number of furan rings is 1. The summed E-state index contributed by atoms with van der Waals surface area (Å²) in [6, 6.07) is 6.86. The molecule has 1 heterocycles. The highest BCUT2D eigenvalue weighted by atomic mass is 32.2. The van der Waals surface area contributed by atoms with Crippen LogP contribution in [0.25, 0.3) is 0 Å². The molecular formula is C13H15FN2O3S. The molecular weight excluding hydrogens is 283 g/mol. The van der Waals surface area contributed by atoms with Crippen molar-refractivity contribution in [2.75, 3.05) is 12.8 Å². The highest BCUT2D eigenvalue weighted by Gasteiger charge is 2.22. The average Bonchev–Trinajstić information content (AvgIpc) is 2.78. The van der Waals surface area contributed by atoms with Gasteiger partial charge in [0, 0.05) is 7.05 Å². The lowest BCUT2D eigenvalue weighted by Gasteiger charge is -2.16. The number of halogens is 1. The Morgan fingerprint density at radius 3 is 2.55 bits per heavy atom. The van der Waals surface area contributed by atoms with Crippen molar-refractivity contribution in [2.45, 2.75) is 18.4 Å². The van der Waals surface area contributed by atoms with Crippen LogP contribution in [0.2, 0.25) is 0 Å². The molecule has 0 aliphatic carbocycles. The summed E-state index contributed by atoms with van der Waals surface area (Å²) in [5.41, 5.74) is 5.25. The molecule has 2 rings (SSSR count). The topological polar surface area (TPSA) is 76.5 Å². The summed E-state index contributed by atoms with van der Waals surface area (Å²) in [6.45, 7) is 1.84. The molecule has 1 aromatic heterocycles. The van der Waals surface area contributed by atoms with Crippen LogP contribution in [-0.4, -0.2) is 19.8 Å². The number of benzene rings is 1. The molecule has 0 saturated carbocycles. The van der Waals surface area contributed by atoms with Gasteiger partial charge in [0.15, 0.2) is 0 Å². The Morgan fingerprint density at radius 1 is 1.30 bits per heavy atom. The predicted octanol–water partition coefficient (Wildman–Crippen LogP) is 2.13. The van der Waals surface area contributed by atoms with Gasteiger partial charge in [0.25, 0.3) is 0 Å². The fourth-order valence-electron chi connectivity index (χ4n) is 1.72. The van der Waals surface area contributed by atoms with Gasteiger partial charge in [-0.25, -0.2) is 12.8 Å². The van der Waals surface area contributed by atoms with Crippen molar-refractivity contribution in [2.24, 2.45) is 0 Å². The number of sulfonamides is 1. The average molecular weight is 298 g/mol. The van der Waals surface area contributed by atoms with E-state index in [1.54, 1.807) is 19.1 Å². The molecule has 0 radical (unpaired) electrons. The maximum absolute atomic E-state index is 13.4. The standard InChI is InChI=1S/C13H15FN2O3S/c1-9-3-4-10(19-9)8-16(2)20(17,18)11-5-6-13(15)12(14)7-11/h3-7H,8,15H2,1-2H3. The molecule has 2 N–H and O–H groups in total. The molecule has 0 aliphatic rings. The Hall–Kier alpha value is -1.86. The fourth-order valence-corrected chi connectivity index (χ4v) is 2.87. The summed E-state index contributed by atoms with van der Waals surface area (Å²) in [7, 11) is -2.39. The van der Waals surface area contributed by atoms with Gasteiger partial charge in [-0.15, -0.1) is 0 Å². The normalized spacial score (nSPS) is 12.0. The van der Waals surface area contributed by atoms with Gasteiger partial charge in [-0.05, 0) is 37.3 Å². The van der Waals surface area contributed by atoms with E-state index in [2.05, 4.69) is 0 Å². The number of nitrogen functional groups attached to an aromatic ring is 1. The number of nitrogens with two attached hydrogens (primary N) is 1. The van der Waals surface area contributed by atoms with Crippen molar-refractivity contribution in [3.8, 4) is 0 Å². The van der Waals surface area contributed by atoms with Crippen LogP contribution in [0.15, 0.2) is 39.6 Å². The molecule has 108 valence electrons. The molecule has 0 spiro atoms. The fraction of sp³-hybridized carbons (Fsp3) is 0.231. The lowest BCUT2D eigenvalue weighted by atomic mass is 10.3. The van der Waals surface area contributed by atoms with Gasteiger partial charge >= 0.3 is 0 Å². The van der Waals surface area contributed by atoms with E-state index in [-0.39, 0.29) is 17.1 Å². The molecule has 2 aromatic rings. The van der Waals surface area contributed by atoms with Gasteiger partial charge in [-0.1, -0.05) is 0 Å². The largest absolute Gasteiger partial charge is 0.465 e. The molecule has 5 nitrogen and oxygen atoms in total. The van der Waals surface area contributed by atoms with Crippen LogP contribution in [0.4, 0.5) is 10.1 Å². The van der Waals surface area contributed by atoms with Gasteiger partial charge in [-0.2, -0.15) is 4.31 Å². The third kappa shape index (κ3) is 2.83. The molecule has 0 atom stereocenters. The molecule has 0 saturated heterocycles. The molecule has 0 bridgehead atoms. The SMILES string of the molecule is Cc1ccc(CN(C)S(=O)(=O)c2ccc(N)c(F)c2)o1. The molecule has 1 aromatic carbocycles. The second kappa shape index (κ2) is 5.26. The van der Waals surface area contributed by atoms with Crippen LogP contribution >= 0.6 is 0 Å². The smallest absolute Gasteiger partial charge is 0.243 e. The van der Waals surface area contributed by atoms with E-state index >= 15 is 0 Å². The maximum Gasteiger partial charge on any atom is 0.243 e. The highest BCUT2D eigenvalue weighted by Crippen LogP contribution is 2.21. The van der Waals surface area contributed by atoms with Crippen molar-refractivity contribution in [1.82, 2.24) is 4.31 Å². The summed E-state index contributed by atoms with van der Waals surface area (Å²) >= 11 is 0. The lowest BCUT2D eigenvalue weighted by Crippen LogP contribution is -2.26. The Balaban J connectivity index is 2.27. The molecule has 0 fully saturated rings. The zero-order valence-electron chi connectivity index (χ0n) is 11.1. The molecule has 0 unspecified atom stereocenters. The van der Waals surface area contributed by atoms with E-state index in [0.717, 1.165) is 10.4 Å². The van der Waals surface area contributed by atoms with Crippen LogP contribution in [-0.2, 0) is 16.6 Å². The van der Waals surface area contributed by atoms with E-state index in [0.29, 0.717) is 11.5 Å². The van der Waals surface area contributed by atoms with E-state index in [1.807, 2.05) is 0 Å². The molecule has 7 heteroatoms. The summed E-state index contributed by atoms with van der Waals surface area (Å²) in [6.07, 6.45) is 0. The second-order valence-corrected chi connectivity index (χ2v) is 6.50. The number of anilines is 1. The first-order chi connectivity index (χ1) is 9.30. The molecule has 0 amide bonds.